The van der Waals surface area contributed by atoms with Crippen LogP contribution in [0.4, 0.5) is 0 Å². The number of carboxylic acid groups (broad SMARTS) is 1. The zero-order valence-corrected chi connectivity index (χ0v) is 11.0. The van der Waals surface area contributed by atoms with Gasteiger partial charge in [-0.05, 0) is 0 Å². The highest BCUT2D eigenvalue weighted by Crippen LogP contribution is 2.00. The van der Waals surface area contributed by atoms with E-state index in [1.54, 1.807) is 6.92 Å². The van der Waals surface area contributed by atoms with Gasteiger partial charge in [-0.1, -0.05) is 6.92 Å². The molecule has 0 spiro atoms. The molecule has 0 aromatic carbocycles. The van der Waals surface area contributed by atoms with E-state index in [2.05, 4.69) is 5.32 Å². The summed E-state index contributed by atoms with van der Waals surface area (Å²) >= 11 is 0. The zero-order valence-electron chi connectivity index (χ0n) is 10.3. The van der Waals surface area contributed by atoms with Gasteiger partial charge in [0.1, 0.15) is 0 Å². The predicted molar refractivity (Wildman–Crippen MR) is 57.4 cm³/mol. The number of aliphatic carboxylic acids is 1. The molecule has 0 radical (unpaired) electrons. The summed E-state index contributed by atoms with van der Waals surface area (Å²) in [5, 5.41) is 11.4. The third kappa shape index (κ3) is 9.73. The van der Waals surface area contributed by atoms with Gasteiger partial charge >= 0.3 is 5.97 Å². The molecule has 0 fully saturated rings. The van der Waals surface area contributed by atoms with Crippen LogP contribution in [0.5, 0.6) is 0 Å². The maximum atomic E-state index is 11.2. The number of carbonyl (C=O) groups excluding carboxylic acids is 1. The summed E-state index contributed by atoms with van der Waals surface area (Å²) in [5.74, 6) is -0.987. The molecule has 1 unspecified atom stereocenters. The summed E-state index contributed by atoms with van der Waals surface area (Å²) in [7, 11) is 5.90. The molecule has 1 atom stereocenters. The molecule has 0 aromatic rings. The number of nitrogens with one attached hydrogen (secondary N) is 1. The Bertz CT molecular complexity index is 239. The third-order valence-corrected chi connectivity index (χ3v) is 1.88. The molecule has 2 N–H and O–H groups in total. The van der Waals surface area contributed by atoms with Crippen LogP contribution >= 0.6 is 0 Å². The van der Waals surface area contributed by atoms with Crippen LogP contribution in [0.3, 0.4) is 0 Å². The highest BCUT2D eigenvalue weighted by molar-refractivity contribution is 5.77. The van der Waals surface area contributed by atoms with Crippen molar-refractivity contribution in [3.63, 3.8) is 0 Å². The van der Waals surface area contributed by atoms with Gasteiger partial charge in [0.25, 0.3) is 0 Å². The molecule has 6 heteroatoms. The van der Waals surface area contributed by atoms with Crippen molar-refractivity contribution < 1.29 is 31.6 Å². The Morgan fingerprint density at radius 1 is 1.31 bits per heavy atom. The van der Waals surface area contributed by atoms with E-state index in [4.69, 9.17) is 5.11 Å². The Morgan fingerprint density at radius 3 is 2.12 bits per heavy atom. The smallest absolute Gasteiger partial charge is 0.305 e. The van der Waals surface area contributed by atoms with Crippen LogP contribution in [0.1, 0.15) is 19.8 Å². The van der Waals surface area contributed by atoms with E-state index < -0.39 is 5.97 Å². The van der Waals surface area contributed by atoms with Gasteiger partial charge in [0.2, 0.25) is 5.91 Å². The maximum absolute atomic E-state index is 11.2. The quantitative estimate of drug-likeness (QED) is 0.498. The van der Waals surface area contributed by atoms with E-state index >= 15 is 0 Å². The van der Waals surface area contributed by atoms with E-state index in [0.29, 0.717) is 17.4 Å². The number of halogens is 1. The number of amides is 1. The highest BCUT2D eigenvalue weighted by atomic mass is 35.5. The number of carboxylic acids is 1. The second-order valence-corrected chi connectivity index (χ2v) is 4.69. The molecule has 0 aliphatic carbocycles. The Kier molecular flexibility index (Phi) is 8.20. The number of nitrogens with zero attached hydrogens (tertiary/aromatic N) is 1. The van der Waals surface area contributed by atoms with E-state index in [1.807, 2.05) is 21.1 Å². The van der Waals surface area contributed by atoms with Gasteiger partial charge in [-0.3, -0.25) is 9.59 Å². The van der Waals surface area contributed by atoms with E-state index in [1.165, 1.54) is 0 Å². The third-order valence-electron chi connectivity index (χ3n) is 1.88. The fourth-order valence-electron chi connectivity index (χ4n) is 1.36. The lowest BCUT2D eigenvalue weighted by molar-refractivity contribution is -0.871. The van der Waals surface area contributed by atoms with Crippen molar-refractivity contribution in [2.45, 2.75) is 25.8 Å². The summed E-state index contributed by atoms with van der Waals surface area (Å²) in [6.45, 7) is 2.36. The zero-order chi connectivity index (χ0) is 12.1. The van der Waals surface area contributed by atoms with Crippen molar-refractivity contribution in [1.29, 1.82) is 0 Å². The monoisotopic (exact) mass is 252 g/mol. The first-order valence-electron chi connectivity index (χ1n) is 5.06. The summed E-state index contributed by atoms with van der Waals surface area (Å²) in [4.78, 5) is 21.8. The summed E-state index contributed by atoms with van der Waals surface area (Å²) in [6.07, 6.45) is 0.356. The Labute approximate surface area is 103 Å². The summed E-state index contributed by atoms with van der Waals surface area (Å²) in [5.41, 5.74) is 0. The van der Waals surface area contributed by atoms with Crippen molar-refractivity contribution in [3.05, 3.63) is 0 Å². The molecule has 0 aliphatic rings. The molecule has 0 saturated heterocycles. The van der Waals surface area contributed by atoms with Crippen LogP contribution in [-0.4, -0.2) is 55.2 Å². The van der Waals surface area contributed by atoms with Crippen molar-refractivity contribution in [2.24, 2.45) is 0 Å². The molecule has 1 amide bonds. The van der Waals surface area contributed by atoms with E-state index in [9.17, 15) is 9.59 Å². The number of quaternary nitrogens is 1. The Morgan fingerprint density at radius 2 is 1.81 bits per heavy atom. The van der Waals surface area contributed by atoms with Gasteiger partial charge in [0.15, 0.2) is 0 Å². The maximum Gasteiger partial charge on any atom is 0.305 e. The van der Waals surface area contributed by atoms with Gasteiger partial charge in [0, 0.05) is 6.42 Å². The lowest BCUT2D eigenvalue weighted by atomic mass is 10.2. The lowest BCUT2D eigenvalue weighted by Gasteiger charge is -2.29. The first-order valence-corrected chi connectivity index (χ1v) is 5.06. The largest absolute Gasteiger partial charge is 1.00 e. The van der Waals surface area contributed by atoms with Crippen molar-refractivity contribution in [1.82, 2.24) is 5.32 Å². The lowest BCUT2D eigenvalue weighted by Crippen LogP contribution is -3.00. The van der Waals surface area contributed by atoms with Crippen LogP contribution < -0.4 is 17.7 Å². The Hall–Kier alpha value is -0.810. The molecule has 0 aromatic heterocycles. The molecule has 0 aliphatic heterocycles. The van der Waals surface area contributed by atoms with E-state index in [-0.39, 0.29) is 30.8 Å². The average Bonchev–Trinajstić information content (AvgIpc) is 1.99. The van der Waals surface area contributed by atoms with Gasteiger partial charge in [-0.25, -0.2) is 0 Å². The van der Waals surface area contributed by atoms with Crippen molar-refractivity contribution in [3.8, 4) is 0 Å². The molecule has 96 valence electrons. The molecule has 0 saturated carbocycles. The van der Waals surface area contributed by atoms with Crippen LogP contribution in [0.2, 0.25) is 0 Å². The number of hydrogen-bond acceptors (Lipinski definition) is 2. The van der Waals surface area contributed by atoms with Crippen molar-refractivity contribution >= 4 is 11.9 Å². The summed E-state index contributed by atoms with van der Waals surface area (Å²) < 4.78 is 0.627. The minimum absolute atomic E-state index is 0. The normalized spacial score (nSPS) is 12.5. The van der Waals surface area contributed by atoms with Crippen molar-refractivity contribution in [2.75, 3.05) is 27.7 Å². The first-order chi connectivity index (χ1) is 6.74. The number of carbonyl (C=O) groups is 2. The second kappa shape index (κ2) is 7.46. The SMILES string of the molecule is CCC(=O)NC(CC(=O)O)C[N+](C)(C)C.[Cl-]. The van der Waals surface area contributed by atoms with E-state index in [0.717, 1.165) is 0 Å². The molecule has 0 rings (SSSR count). The average molecular weight is 253 g/mol. The van der Waals surface area contributed by atoms with Crippen LogP contribution in [0.25, 0.3) is 0 Å². The number of likely N-dealkylation sites (N-methyl/N-ethyl adjacent to an activating group) is 1. The fraction of sp³-hybridized carbons (Fsp3) is 0.800. The minimum atomic E-state index is -0.884. The number of rotatable bonds is 6. The van der Waals surface area contributed by atoms with Gasteiger partial charge < -0.3 is 27.3 Å². The fourth-order valence-corrected chi connectivity index (χ4v) is 1.36. The highest BCUT2D eigenvalue weighted by Gasteiger charge is 2.21. The predicted octanol–water partition coefficient (Wildman–Crippen LogP) is -2.93. The molecule has 0 heterocycles. The first kappa shape index (κ1) is 17.6. The number of hydrogen-bond donors (Lipinski definition) is 2. The molecule has 16 heavy (non-hydrogen) atoms. The second-order valence-electron chi connectivity index (χ2n) is 4.69. The van der Waals surface area contributed by atoms with Gasteiger partial charge in [-0.15, -0.1) is 0 Å². The molecular weight excluding hydrogens is 232 g/mol. The molecule has 0 bridgehead atoms. The minimum Gasteiger partial charge on any atom is -1.00 e. The van der Waals surface area contributed by atoms with Crippen LogP contribution in [0.15, 0.2) is 0 Å². The molecular formula is C10H21ClN2O3. The Balaban J connectivity index is 0. The van der Waals surface area contributed by atoms with Crippen LogP contribution in [-0.2, 0) is 9.59 Å². The topological polar surface area (TPSA) is 66.4 Å². The van der Waals surface area contributed by atoms with Gasteiger partial charge in [0.05, 0.1) is 40.2 Å². The van der Waals surface area contributed by atoms with Gasteiger partial charge in [-0.2, -0.15) is 0 Å². The summed E-state index contributed by atoms with van der Waals surface area (Å²) in [6, 6.07) is -0.296. The van der Waals surface area contributed by atoms with Crippen LogP contribution in [0, 0.1) is 0 Å². The molecule has 5 nitrogen and oxygen atoms in total. The standard InChI is InChI=1S/C10H20N2O3.ClH/c1-5-9(13)11-8(6-10(14)15)7-12(2,3)4;/h8H,5-7H2,1-4H3,(H-,11,13,14,15);1H.